The number of hydrogen-bond donors (Lipinski definition) is 0. The van der Waals surface area contributed by atoms with E-state index in [2.05, 4.69) is 20.9 Å². The van der Waals surface area contributed by atoms with E-state index in [4.69, 9.17) is 17.0 Å². The van der Waals surface area contributed by atoms with Crippen molar-refractivity contribution in [2.75, 3.05) is 0 Å². The van der Waals surface area contributed by atoms with Gasteiger partial charge in [-0.25, -0.2) is 0 Å². The molecule has 34 heavy (non-hydrogen) atoms. The van der Waals surface area contributed by atoms with Crippen molar-refractivity contribution in [2.24, 2.45) is 0 Å². The van der Waals surface area contributed by atoms with Gasteiger partial charge in [-0.3, -0.25) is 18.9 Å². The van der Waals surface area contributed by atoms with Gasteiger partial charge in [-0.2, -0.15) is 4.98 Å². The van der Waals surface area contributed by atoms with Crippen molar-refractivity contribution in [2.45, 2.75) is 6.54 Å². The van der Waals surface area contributed by atoms with Crippen LogP contribution in [-0.4, -0.2) is 24.5 Å². The number of nitrogens with zero attached hydrogens (tertiary/aromatic N) is 3. The first-order valence-electron chi connectivity index (χ1n) is 10.2. The fourth-order valence-corrected chi connectivity index (χ4v) is 4.93. The molecule has 0 bridgehead atoms. The molecule has 3 heterocycles. The van der Waals surface area contributed by atoms with E-state index < -0.39 is 0 Å². The molecule has 1 saturated heterocycles. The molecule has 6 nitrogen and oxygen atoms in total. The van der Waals surface area contributed by atoms with Crippen LogP contribution in [0.5, 0.6) is 11.6 Å². The third-order valence-corrected chi connectivity index (χ3v) is 7.00. The second-order valence-electron chi connectivity index (χ2n) is 7.37. The van der Waals surface area contributed by atoms with Gasteiger partial charge in [0.2, 0.25) is 5.88 Å². The number of aromatic nitrogens is 2. The van der Waals surface area contributed by atoms with Gasteiger partial charge < -0.3 is 4.74 Å². The Bertz CT molecular complexity index is 1500. The van der Waals surface area contributed by atoms with E-state index in [0.717, 1.165) is 21.8 Å². The van der Waals surface area contributed by atoms with Crippen molar-refractivity contribution in [3.05, 3.63) is 110 Å². The maximum Gasteiger partial charge on any atom is 0.269 e. The van der Waals surface area contributed by atoms with Crippen LogP contribution < -0.4 is 10.3 Å². The number of pyridine rings is 1. The highest BCUT2D eigenvalue weighted by molar-refractivity contribution is 9.10. The van der Waals surface area contributed by atoms with Crippen LogP contribution in [0.25, 0.3) is 11.7 Å². The lowest BCUT2D eigenvalue weighted by Crippen LogP contribution is -2.27. The summed E-state index contributed by atoms with van der Waals surface area (Å²) in [6.45, 7) is 0.361. The molecular formula is C25H16BrN3O3S2. The Kier molecular flexibility index (Phi) is 6.32. The van der Waals surface area contributed by atoms with Crippen molar-refractivity contribution in [1.82, 2.24) is 14.3 Å². The smallest absolute Gasteiger partial charge is 0.269 e. The zero-order valence-electron chi connectivity index (χ0n) is 17.6. The normalized spacial score (nSPS) is 14.9. The SMILES string of the molecule is O=C1/C(=C\c2c(Oc3ccc(Br)cc3)nc3ccccn3c2=O)SC(=S)N1Cc1ccccc1. The molecule has 2 aromatic heterocycles. The van der Waals surface area contributed by atoms with Gasteiger partial charge >= 0.3 is 0 Å². The summed E-state index contributed by atoms with van der Waals surface area (Å²) in [7, 11) is 0. The minimum atomic E-state index is -0.342. The summed E-state index contributed by atoms with van der Waals surface area (Å²) in [6, 6.07) is 22.1. The Morgan fingerprint density at radius 3 is 2.50 bits per heavy atom. The lowest BCUT2D eigenvalue weighted by molar-refractivity contribution is -0.122. The molecule has 1 aliphatic heterocycles. The van der Waals surface area contributed by atoms with E-state index in [0.29, 0.717) is 27.2 Å². The summed E-state index contributed by atoms with van der Waals surface area (Å²) in [5, 5.41) is 0. The molecule has 1 fully saturated rings. The number of ether oxygens (including phenoxy) is 1. The average Bonchev–Trinajstić information content (AvgIpc) is 3.11. The van der Waals surface area contributed by atoms with Crippen LogP contribution in [0.2, 0.25) is 0 Å². The van der Waals surface area contributed by atoms with Crippen LogP contribution in [0.4, 0.5) is 0 Å². The van der Waals surface area contributed by atoms with E-state index in [1.807, 2.05) is 42.5 Å². The van der Waals surface area contributed by atoms with Crippen LogP contribution in [-0.2, 0) is 11.3 Å². The first kappa shape index (κ1) is 22.5. The van der Waals surface area contributed by atoms with Crippen LogP contribution in [0.15, 0.2) is 93.2 Å². The lowest BCUT2D eigenvalue weighted by atomic mass is 10.2. The molecule has 9 heteroatoms. The Morgan fingerprint density at radius 1 is 1.00 bits per heavy atom. The summed E-state index contributed by atoms with van der Waals surface area (Å²) in [6.07, 6.45) is 3.15. The summed E-state index contributed by atoms with van der Waals surface area (Å²) in [5.41, 5.74) is 1.23. The number of halogens is 1. The van der Waals surface area contributed by atoms with E-state index in [1.165, 1.54) is 15.4 Å². The van der Waals surface area contributed by atoms with Crippen molar-refractivity contribution >= 4 is 61.9 Å². The molecule has 0 aliphatic carbocycles. The van der Waals surface area contributed by atoms with E-state index in [9.17, 15) is 9.59 Å². The van der Waals surface area contributed by atoms with Gasteiger partial charge in [-0.15, -0.1) is 0 Å². The van der Waals surface area contributed by atoms with Crippen molar-refractivity contribution in [3.8, 4) is 11.6 Å². The number of rotatable bonds is 5. The molecule has 0 N–H and O–H groups in total. The molecule has 0 unspecified atom stereocenters. The summed E-state index contributed by atoms with van der Waals surface area (Å²) >= 11 is 10.0. The Hall–Kier alpha value is -3.27. The topological polar surface area (TPSA) is 63.9 Å². The van der Waals surface area contributed by atoms with E-state index in [1.54, 1.807) is 36.5 Å². The van der Waals surface area contributed by atoms with Gasteiger partial charge in [0.15, 0.2) is 0 Å². The van der Waals surface area contributed by atoms with Crippen molar-refractivity contribution in [3.63, 3.8) is 0 Å². The maximum absolute atomic E-state index is 13.4. The number of carbonyl (C=O) groups is 1. The highest BCUT2D eigenvalue weighted by Crippen LogP contribution is 2.35. The number of hydrogen-bond acceptors (Lipinski definition) is 6. The quantitative estimate of drug-likeness (QED) is 0.237. The Morgan fingerprint density at radius 2 is 1.74 bits per heavy atom. The van der Waals surface area contributed by atoms with Gasteiger partial charge in [-0.1, -0.05) is 76.3 Å². The van der Waals surface area contributed by atoms with Gasteiger partial charge in [0, 0.05) is 10.7 Å². The number of fused-ring (bicyclic) bond motifs is 1. The minimum absolute atomic E-state index is 0.117. The lowest BCUT2D eigenvalue weighted by Gasteiger charge is -2.14. The molecule has 0 saturated carbocycles. The molecule has 4 aromatic rings. The first-order valence-corrected chi connectivity index (χ1v) is 12.3. The fourth-order valence-electron chi connectivity index (χ4n) is 3.43. The largest absolute Gasteiger partial charge is 0.438 e. The number of thiocarbonyl (C=S) groups is 1. The molecule has 1 aliphatic rings. The molecule has 1 amide bonds. The van der Waals surface area contributed by atoms with Crippen LogP contribution in [0.1, 0.15) is 11.1 Å². The van der Waals surface area contributed by atoms with E-state index in [-0.39, 0.29) is 22.9 Å². The number of benzene rings is 2. The molecule has 5 rings (SSSR count). The number of amides is 1. The van der Waals surface area contributed by atoms with Gasteiger partial charge in [-0.05, 0) is 48.0 Å². The molecular weight excluding hydrogens is 534 g/mol. The first-order chi connectivity index (χ1) is 16.5. The molecule has 0 radical (unpaired) electrons. The fraction of sp³-hybridized carbons (Fsp3) is 0.0400. The standard InChI is InChI=1S/C25H16BrN3O3S2/c26-17-9-11-18(12-10-17)32-22-19(23(30)28-13-5-4-8-21(28)27-22)14-20-24(31)29(25(33)34-20)15-16-6-2-1-3-7-16/h1-14H,15H2/b20-14+. The highest BCUT2D eigenvalue weighted by Gasteiger charge is 2.32. The van der Waals surface area contributed by atoms with Gasteiger partial charge in [0.05, 0.1) is 11.4 Å². The summed E-state index contributed by atoms with van der Waals surface area (Å²) in [5.74, 6) is 0.375. The zero-order valence-corrected chi connectivity index (χ0v) is 20.8. The average molecular weight is 550 g/mol. The second-order valence-corrected chi connectivity index (χ2v) is 9.97. The second kappa shape index (κ2) is 9.54. The Labute approximate surface area is 213 Å². The number of thioether (sulfide) groups is 1. The molecule has 0 spiro atoms. The highest BCUT2D eigenvalue weighted by atomic mass is 79.9. The maximum atomic E-state index is 13.4. The van der Waals surface area contributed by atoms with Crippen LogP contribution >= 0.6 is 39.9 Å². The molecule has 168 valence electrons. The third-order valence-electron chi connectivity index (χ3n) is 5.09. The molecule has 0 atom stereocenters. The van der Waals surface area contributed by atoms with Crippen LogP contribution in [0, 0.1) is 0 Å². The summed E-state index contributed by atoms with van der Waals surface area (Å²) < 4.78 is 8.74. The third kappa shape index (κ3) is 4.54. The van der Waals surface area contributed by atoms with E-state index >= 15 is 0 Å². The molecule has 2 aromatic carbocycles. The predicted molar refractivity (Wildman–Crippen MR) is 141 cm³/mol. The summed E-state index contributed by atoms with van der Waals surface area (Å²) in [4.78, 5) is 33.0. The van der Waals surface area contributed by atoms with Crippen LogP contribution in [0.3, 0.4) is 0 Å². The van der Waals surface area contributed by atoms with Gasteiger partial charge in [0.1, 0.15) is 21.3 Å². The predicted octanol–water partition coefficient (Wildman–Crippen LogP) is 5.65. The van der Waals surface area contributed by atoms with Gasteiger partial charge in [0.25, 0.3) is 11.5 Å². The zero-order chi connectivity index (χ0) is 23.7. The minimum Gasteiger partial charge on any atom is -0.438 e. The Balaban J connectivity index is 1.56. The van der Waals surface area contributed by atoms with Crippen molar-refractivity contribution < 1.29 is 9.53 Å². The number of carbonyl (C=O) groups excluding carboxylic acids is 1. The van der Waals surface area contributed by atoms with Crippen molar-refractivity contribution in [1.29, 1.82) is 0 Å². The monoisotopic (exact) mass is 549 g/mol.